The maximum Gasteiger partial charge on any atom is 0.337 e. The minimum absolute atomic E-state index is 0.160. The summed E-state index contributed by atoms with van der Waals surface area (Å²) < 4.78 is 15.4. The van der Waals surface area contributed by atoms with Crippen LogP contribution in [0.5, 0.6) is 11.5 Å². The van der Waals surface area contributed by atoms with Crippen LogP contribution in [-0.4, -0.2) is 37.8 Å². The average molecular weight is 275 g/mol. The van der Waals surface area contributed by atoms with Crippen LogP contribution in [0, 0.1) is 0 Å². The summed E-state index contributed by atoms with van der Waals surface area (Å²) in [7, 11) is 2.99. The molecule has 5 nitrogen and oxygen atoms in total. The minimum atomic E-state index is -1.08. The van der Waals surface area contributed by atoms with Crippen LogP contribution in [0.4, 0.5) is 0 Å². The summed E-state index contributed by atoms with van der Waals surface area (Å²) in [5, 5.41) is 9.10. The first-order valence-electron chi connectivity index (χ1n) is 5.26. The molecule has 0 radical (unpaired) electrons. The van der Waals surface area contributed by atoms with E-state index < -0.39 is 12.1 Å². The fourth-order valence-corrected chi connectivity index (χ4v) is 1.58. The van der Waals surface area contributed by atoms with E-state index in [-0.39, 0.29) is 12.5 Å². The number of ether oxygens (including phenoxy) is 3. The minimum Gasteiger partial charge on any atom is -0.493 e. The Morgan fingerprint density at radius 2 is 2.00 bits per heavy atom. The molecule has 100 valence electrons. The van der Waals surface area contributed by atoms with Crippen LogP contribution < -0.4 is 9.47 Å². The molecule has 0 fully saturated rings. The third kappa shape index (κ3) is 3.51. The lowest BCUT2D eigenvalue weighted by atomic mass is 10.1. The standard InChI is InChI=1S/C12H15ClO5/c1-16-9-4-3-8(7-10(9)17-2)11(12(14)15)18-6-5-13/h3-4,7,11H,5-6H2,1-2H3,(H,14,15). The van der Waals surface area contributed by atoms with Crippen LogP contribution in [0.25, 0.3) is 0 Å². The molecule has 0 aromatic heterocycles. The first kappa shape index (κ1) is 14.6. The van der Waals surface area contributed by atoms with Gasteiger partial charge in [-0.3, -0.25) is 0 Å². The molecule has 1 unspecified atom stereocenters. The Morgan fingerprint density at radius 1 is 1.33 bits per heavy atom. The highest BCUT2D eigenvalue weighted by molar-refractivity contribution is 6.17. The van der Waals surface area contributed by atoms with Gasteiger partial charge in [-0.1, -0.05) is 6.07 Å². The third-order valence-corrected chi connectivity index (χ3v) is 2.45. The lowest BCUT2D eigenvalue weighted by molar-refractivity contribution is -0.150. The number of carboxylic acid groups (broad SMARTS) is 1. The topological polar surface area (TPSA) is 65.0 Å². The molecule has 0 saturated carbocycles. The second-order valence-corrected chi connectivity index (χ2v) is 3.77. The first-order chi connectivity index (χ1) is 8.63. The maximum atomic E-state index is 11.1. The predicted molar refractivity (Wildman–Crippen MR) is 66.6 cm³/mol. The predicted octanol–water partition coefficient (Wildman–Crippen LogP) is 2.08. The van der Waals surface area contributed by atoms with Crippen molar-refractivity contribution < 1.29 is 24.1 Å². The number of methoxy groups -OCH3 is 2. The normalized spacial score (nSPS) is 11.9. The van der Waals surface area contributed by atoms with Crippen molar-refractivity contribution in [2.24, 2.45) is 0 Å². The Balaban J connectivity index is 3.01. The Kier molecular flexibility index (Phi) is 5.74. The number of carboxylic acids is 1. The molecule has 0 aliphatic carbocycles. The maximum absolute atomic E-state index is 11.1. The Labute approximate surface area is 110 Å². The van der Waals surface area contributed by atoms with Gasteiger partial charge >= 0.3 is 5.97 Å². The van der Waals surface area contributed by atoms with Crippen molar-refractivity contribution in [3.05, 3.63) is 23.8 Å². The molecular weight excluding hydrogens is 260 g/mol. The SMILES string of the molecule is COc1ccc(C(OCCCl)C(=O)O)cc1OC. The van der Waals surface area contributed by atoms with E-state index in [1.807, 2.05) is 0 Å². The van der Waals surface area contributed by atoms with Crippen molar-refractivity contribution in [3.8, 4) is 11.5 Å². The summed E-state index contributed by atoms with van der Waals surface area (Å²) in [6, 6.07) is 4.83. The molecule has 1 N–H and O–H groups in total. The lowest BCUT2D eigenvalue weighted by Gasteiger charge is -2.15. The van der Waals surface area contributed by atoms with Gasteiger partial charge in [0, 0.05) is 5.88 Å². The zero-order valence-electron chi connectivity index (χ0n) is 10.2. The van der Waals surface area contributed by atoms with Crippen molar-refractivity contribution in [3.63, 3.8) is 0 Å². The molecule has 6 heteroatoms. The molecule has 0 amide bonds. The van der Waals surface area contributed by atoms with Crippen LogP contribution in [0.15, 0.2) is 18.2 Å². The molecular formula is C12H15ClO5. The molecule has 0 aliphatic rings. The smallest absolute Gasteiger partial charge is 0.337 e. The molecule has 0 bridgehead atoms. The largest absolute Gasteiger partial charge is 0.493 e. The number of hydrogen-bond acceptors (Lipinski definition) is 4. The highest BCUT2D eigenvalue weighted by Crippen LogP contribution is 2.31. The zero-order valence-corrected chi connectivity index (χ0v) is 10.9. The van der Waals surface area contributed by atoms with E-state index in [4.69, 9.17) is 30.9 Å². The van der Waals surface area contributed by atoms with Crippen LogP contribution in [0.2, 0.25) is 0 Å². The molecule has 1 atom stereocenters. The molecule has 1 aromatic carbocycles. The van der Waals surface area contributed by atoms with Gasteiger partial charge in [0.2, 0.25) is 0 Å². The summed E-state index contributed by atoms with van der Waals surface area (Å²) >= 11 is 5.48. The molecule has 1 aromatic rings. The number of carbonyl (C=O) groups is 1. The quantitative estimate of drug-likeness (QED) is 0.771. The second-order valence-electron chi connectivity index (χ2n) is 3.39. The van der Waals surface area contributed by atoms with Gasteiger partial charge in [-0.05, 0) is 17.7 Å². The summed E-state index contributed by atoms with van der Waals surface area (Å²) in [5.74, 6) is 0.141. The highest BCUT2D eigenvalue weighted by Gasteiger charge is 2.21. The molecule has 1 rings (SSSR count). The van der Waals surface area contributed by atoms with Crippen molar-refractivity contribution in [2.75, 3.05) is 26.7 Å². The van der Waals surface area contributed by atoms with Crippen LogP contribution in [0.1, 0.15) is 11.7 Å². The summed E-state index contributed by atoms with van der Waals surface area (Å²) in [6.07, 6.45) is -1.07. The third-order valence-electron chi connectivity index (χ3n) is 2.30. The van der Waals surface area contributed by atoms with Gasteiger partial charge in [0.05, 0.1) is 20.8 Å². The summed E-state index contributed by atoms with van der Waals surface area (Å²) in [5.41, 5.74) is 0.477. The molecule has 0 aliphatic heterocycles. The monoisotopic (exact) mass is 274 g/mol. The van der Waals surface area contributed by atoms with Gasteiger partial charge in [0.15, 0.2) is 17.6 Å². The molecule has 0 spiro atoms. The van der Waals surface area contributed by atoms with E-state index in [9.17, 15) is 4.79 Å². The van der Waals surface area contributed by atoms with Gasteiger partial charge in [-0.15, -0.1) is 11.6 Å². The van der Waals surface area contributed by atoms with Crippen molar-refractivity contribution in [2.45, 2.75) is 6.10 Å². The first-order valence-corrected chi connectivity index (χ1v) is 5.79. The fourth-order valence-electron chi connectivity index (χ4n) is 1.49. The number of benzene rings is 1. The van der Waals surface area contributed by atoms with Crippen LogP contribution in [-0.2, 0) is 9.53 Å². The van der Waals surface area contributed by atoms with E-state index >= 15 is 0 Å². The number of halogens is 1. The van der Waals surface area contributed by atoms with E-state index in [1.54, 1.807) is 18.2 Å². The van der Waals surface area contributed by atoms with Gasteiger partial charge in [-0.25, -0.2) is 4.79 Å². The number of hydrogen-bond donors (Lipinski definition) is 1. The number of aliphatic carboxylic acids is 1. The van der Waals surface area contributed by atoms with Crippen LogP contribution >= 0.6 is 11.6 Å². The lowest BCUT2D eigenvalue weighted by Crippen LogP contribution is -2.16. The molecule has 18 heavy (non-hydrogen) atoms. The second kappa shape index (κ2) is 7.08. The van der Waals surface area contributed by atoms with Gasteiger partial charge in [0.1, 0.15) is 0 Å². The molecule has 0 heterocycles. The van der Waals surface area contributed by atoms with Crippen molar-refractivity contribution >= 4 is 17.6 Å². The van der Waals surface area contributed by atoms with Crippen molar-refractivity contribution in [1.82, 2.24) is 0 Å². The van der Waals surface area contributed by atoms with Gasteiger partial charge < -0.3 is 19.3 Å². The highest BCUT2D eigenvalue weighted by atomic mass is 35.5. The number of rotatable bonds is 7. The summed E-state index contributed by atoms with van der Waals surface area (Å²) in [6.45, 7) is 0.160. The Morgan fingerprint density at radius 3 is 2.50 bits per heavy atom. The van der Waals surface area contributed by atoms with E-state index in [1.165, 1.54) is 14.2 Å². The van der Waals surface area contributed by atoms with E-state index in [2.05, 4.69) is 0 Å². The van der Waals surface area contributed by atoms with Gasteiger partial charge in [0.25, 0.3) is 0 Å². The Bertz CT molecular complexity index is 407. The summed E-state index contributed by atoms with van der Waals surface area (Å²) in [4.78, 5) is 11.1. The fraction of sp³-hybridized carbons (Fsp3) is 0.417. The molecule has 0 saturated heterocycles. The number of alkyl halides is 1. The van der Waals surface area contributed by atoms with E-state index in [0.717, 1.165) is 0 Å². The Hall–Kier alpha value is -1.46. The van der Waals surface area contributed by atoms with Crippen molar-refractivity contribution in [1.29, 1.82) is 0 Å². The average Bonchev–Trinajstić information content (AvgIpc) is 2.38. The van der Waals surface area contributed by atoms with Gasteiger partial charge in [-0.2, -0.15) is 0 Å². The van der Waals surface area contributed by atoms with Crippen LogP contribution in [0.3, 0.4) is 0 Å². The van der Waals surface area contributed by atoms with E-state index in [0.29, 0.717) is 17.1 Å². The zero-order chi connectivity index (χ0) is 13.5.